The number of nitrogen functional groups attached to an aromatic ring is 1. The monoisotopic (exact) mass is 694 g/mol. The Balaban J connectivity index is 1.51. The Morgan fingerprint density at radius 3 is 2.48 bits per heavy atom. The smallest absolute Gasteiger partial charge is 0.293 e. The van der Waals surface area contributed by atoms with E-state index in [0.29, 0.717) is 22.0 Å². The predicted molar refractivity (Wildman–Crippen MR) is 167 cm³/mol. The minimum Gasteiger partial charge on any atom is -0.378 e. The minimum atomic E-state index is -3.63. The van der Waals surface area contributed by atoms with Crippen LogP contribution in [-0.2, 0) is 17.1 Å². The van der Waals surface area contributed by atoms with Gasteiger partial charge in [-0.3, -0.25) is 9.20 Å². The van der Waals surface area contributed by atoms with Gasteiger partial charge in [-0.05, 0) is 80.5 Å². The van der Waals surface area contributed by atoms with E-state index < -0.39 is 77.1 Å². The summed E-state index contributed by atoms with van der Waals surface area (Å²) in [6.45, 7) is 2.87. The van der Waals surface area contributed by atoms with E-state index in [2.05, 4.69) is 32.1 Å². The molecular formula is C34H28F6N8O2. The molecule has 0 bridgehead atoms. The van der Waals surface area contributed by atoms with Gasteiger partial charge in [0.15, 0.2) is 5.65 Å². The molecule has 0 radical (unpaired) electrons. The van der Waals surface area contributed by atoms with Crippen LogP contribution in [0, 0.1) is 29.4 Å². The maximum absolute atomic E-state index is 15.9. The number of aliphatic hydroxyl groups is 1. The number of alkyl halides is 4. The lowest BCUT2D eigenvalue weighted by molar-refractivity contribution is -0.122. The average molecular weight is 695 g/mol. The summed E-state index contributed by atoms with van der Waals surface area (Å²) in [5.74, 6) is -5.00. The first-order valence-electron chi connectivity index (χ1n) is 15.4. The maximum Gasteiger partial charge on any atom is 0.293 e. The van der Waals surface area contributed by atoms with Gasteiger partial charge in [-0.1, -0.05) is 5.92 Å². The van der Waals surface area contributed by atoms with Crippen molar-refractivity contribution in [1.29, 1.82) is 0 Å². The second-order valence-corrected chi connectivity index (χ2v) is 13.0. The number of primary amides is 1. The number of amides is 1. The second-order valence-electron chi connectivity index (χ2n) is 13.0. The highest BCUT2D eigenvalue weighted by Crippen LogP contribution is 2.68. The van der Waals surface area contributed by atoms with Gasteiger partial charge in [0.25, 0.3) is 12.3 Å². The minimum absolute atomic E-state index is 0.0227. The Morgan fingerprint density at radius 1 is 1.10 bits per heavy atom. The Kier molecular flexibility index (Phi) is 7.66. The van der Waals surface area contributed by atoms with E-state index in [4.69, 9.17) is 11.5 Å². The van der Waals surface area contributed by atoms with Crippen LogP contribution in [0.2, 0.25) is 0 Å². The molecule has 1 saturated carbocycles. The Hall–Kier alpha value is -5.43. The number of carbonyl (C=O) groups excluding carboxylic acids is 1. The van der Waals surface area contributed by atoms with Gasteiger partial charge < -0.3 is 16.6 Å². The van der Waals surface area contributed by atoms with Crippen molar-refractivity contribution >= 4 is 17.5 Å². The molecule has 16 heteroatoms. The highest BCUT2D eigenvalue weighted by atomic mass is 19.3. The Morgan fingerprint density at radius 2 is 1.82 bits per heavy atom. The van der Waals surface area contributed by atoms with Gasteiger partial charge in [0.05, 0.1) is 5.69 Å². The lowest BCUT2D eigenvalue weighted by Crippen LogP contribution is -2.37. The molecule has 5 aromatic rings. The van der Waals surface area contributed by atoms with Gasteiger partial charge in [-0.2, -0.15) is 13.9 Å². The van der Waals surface area contributed by atoms with E-state index in [1.165, 1.54) is 24.3 Å². The van der Waals surface area contributed by atoms with Gasteiger partial charge in [-0.15, -0.1) is 10.2 Å². The van der Waals surface area contributed by atoms with Gasteiger partial charge in [0, 0.05) is 40.8 Å². The fourth-order valence-corrected chi connectivity index (χ4v) is 6.80. The number of fused-ring (bicyclic) bond motifs is 4. The van der Waals surface area contributed by atoms with Crippen LogP contribution in [-0.4, -0.2) is 46.0 Å². The third kappa shape index (κ3) is 5.70. The number of anilines is 1. The third-order valence-electron chi connectivity index (χ3n) is 8.95. The fourth-order valence-electron chi connectivity index (χ4n) is 6.80. The van der Waals surface area contributed by atoms with Gasteiger partial charge in [0.2, 0.25) is 11.9 Å². The molecule has 4 heterocycles. The summed E-state index contributed by atoms with van der Waals surface area (Å²) in [6.07, 6.45) is -2.17. The highest BCUT2D eigenvalue weighted by Gasteiger charge is 2.67. The molecule has 4 atom stereocenters. The number of halogens is 6. The van der Waals surface area contributed by atoms with E-state index in [1.54, 1.807) is 24.4 Å². The molecule has 258 valence electrons. The first-order chi connectivity index (χ1) is 23.5. The van der Waals surface area contributed by atoms with Gasteiger partial charge >= 0.3 is 0 Å². The summed E-state index contributed by atoms with van der Waals surface area (Å²) in [5.41, 5.74) is 9.47. The van der Waals surface area contributed by atoms with Gasteiger partial charge in [-0.25, -0.2) is 27.2 Å². The van der Waals surface area contributed by atoms with E-state index in [1.807, 2.05) is 0 Å². The van der Waals surface area contributed by atoms with Crippen LogP contribution in [0.15, 0.2) is 48.7 Å². The lowest BCUT2D eigenvalue weighted by atomic mass is 9.84. The van der Waals surface area contributed by atoms with Crippen molar-refractivity contribution < 1.29 is 36.2 Å². The zero-order valence-corrected chi connectivity index (χ0v) is 26.4. The molecule has 2 aliphatic carbocycles. The number of rotatable bonds is 8. The summed E-state index contributed by atoms with van der Waals surface area (Å²) in [4.78, 5) is 18.2. The van der Waals surface area contributed by atoms with Crippen LogP contribution >= 0.6 is 0 Å². The zero-order chi connectivity index (χ0) is 35.9. The number of nitrogens with zero attached hydrogens (tertiary/aromatic N) is 6. The number of hydrogen-bond donors (Lipinski definition) is 3. The van der Waals surface area contributed by atoms with Crippen LogP contribution in [0.5, 0.6) is 0 Å². The summed E-state index contributed by atoms with van der Waals surface area (Å²) >= 11 is 0. The molecule has 1 aromatic carbocycles. The molecule has 1 amide bonds. The molecule has 10 nitrogen and oxygen atoms in total. The molecule has 1 unspecified atom stereocenters. The Bertz CT molecular complexity index is 2230. The largest absolute Gasteiger partial charge is 0.378 e. The van der Waals surface area contributed by atoms with Gasteiger partial charge in [0.1, 0.15) is 40.4 Å². The number of nitrogens with two attached hydrogens (primary N) is 2. The van der Waals surface area contributed by atoms with E-state index in [-0.39, 0.29) is 40.4 Å². The van der Waals surface area contributed by atoms with Crippen molar-refractivity contribution in [1.82, 2.24) is 29.4 Å². The predicted octanol–water partition coefficient (Wildman–Crippen LogP) is 5.17. The van der Waals surface area contributed by atoms with Crippen molar-refractivity contribution in [2.24, 2.45) is 11.7 Å². The van der Waals surface area contributed by atoms with E-state index in [0.717, 1.165) is 12.1 Å². The van der Waals surface area contributed by atoms with Crippen LogP contribution in [0.25, 0.3) is 16.8 Å². The number of aromatic nitrogens is 6. The van der Waals surface area contributed by atoms with Crippen molar-refractivity contribution in [2.45, 2.75) is 62.5 Å². The normalized spacial score (nSPS) is 18.8. The standard InChI is InChI=1S/C34H28F6N8O2/c1-33(2,50)8-7-19-4-5-20(16-3-6-24-44-45-32(42)47(24)14-16)26(43-19)22(11-15-9-17(35)12-18(36)10-15)28(31(41)49)48-29-25(27(46-48)30(37)38)21-13-23(21)34(29,39)40/h3-6,9-10,12,14,21-23,28,30,50H,11,13H2,1-2H3,(H2,41,49)(H2,42,45)/t21-,22+,23+,28?/m0/s1. The summed E-state index contributed by atoms with van der Waals surface area (Å²) < 4.78 is 91.6. The molecule has 0 saturated heterocycles. The molecule has 2 aliphatic rings. The number of pyridine rings is 2. The molecule has 1 fully saturated rings. The zero-order valence-electron chi connectivity index (χ0n) is 26.4. The summed E-state index contributed by atoms with van der Waals surface area (Å²) in [6, 6.07) is 6.92. The topological polar surface area (TPSA) is 150 Å². The molecule has 50 heavy (non-hydrogen) atoms. The first kappa shape index (κ1) is 33.1. The van der Waals surface area contributed by atoms with Crippen molar-refractivity contribution in [3.05, 3.63) is 94.2 Å². The highest BCUT2D eigenvalue weighted by molar-refractivity contribution is 5.81. The molecule has 0 aliphatic heterocycles. The fraction of sp³-hybridized carbons (Fsp3) is 0.324. The van der Waals surface area contributed by atoms with Crippen LogP contribution in [0.1, 0.15) is 78.5 Å². The third-order valence-corrected chi connectivity index (χ3v) is 8.95. The Labute approximate surface area is 280 Å². The van der Waals surface area contributed by atoms with Crippen LogP contribution in [0.4, 0.5) is 32.3 Å². The number of benzene rings is 1. The summed E-state index contributed by atoms with van der Waals surface area (Å²) in [7, 11) is 0. The number of hydrogen-bond acceptors (Lipinski definition) is 7. The lowest BCUT2D eigenvalue weighted by Gasteiger charge is -2.29. The number of carbonyl (C=O) groups is 1. The molecule has 0 spiro atoms. The molecule has 5 N–H and O–H groups in total. The molecule has 7 rings (SSSR count). The van der Waals surface area contributed by atoms with Crippen LogP contribution < -0.4 is 11.5 Å². The van der Waals surface area contributed by atoms with Crippen molar-refractivity contribution in [2.75, 3.05) is 5.73 Å². The first-order valence-corrected chi connectivity index (χ1v) is 15.4. The molecular weight excluding hydrogens is 666 g/mol. The van der Waals surface area contributed by atoms with Crippen molar-refractivity contribution in [3.8, 4) is 23.0 Å². The maximum atomic E-state index is 15.9. The molecule has 4 aromatic heterocycles. The van der Waals surface area contributed by atoms with E-state index in [9.17, 15) is 27.5 Å². The quantitative estimate of drug-likeness (QED) is 0.150. The van der Waals surface area contributed by atoms with Crippen LogP contribution in [0.3, 0.4) is 0 Å². The van der Waals surface area contributed by atoms with E-state index >= 15 is 8.78 Å². The SMILES string of the molecule is CC(C)(O)C#Cc1ccc(-c2ccc3nnc(N)n3c2)c([C@@H](Cc2cc(F)cc(F)c2)C(C(N)=O)n2nc(C(F)F)c3c2C(F)(F)[C@@H]2C[C@H]32)n1. The summed E-state index contributed by atoms with van der Waals surface area (Å²) in [5, 5.41) is 22.0. The van der Waals surface area contributed by atoms with Crippen molar-refractivity contribution in [3.63, 3.8) is 0 Å². The second kappa shape index (κ2) is 11.6. The average Bonchev–Trinajstić information content (AvgIpc) is 3.53.